The molecule has 0 unspecified atom stereocenters. The van der Waals surface area contributed by atoms with Gasteiger partial charge in [-0.05, 0) is 50.8 Å². The summed E-state index contributed by atoms with van der Waals surface area (Å²) in [6.07, 6.45) is -1.26. The van der Waals surface area contributed by atoms with Crippen molar-refractivity contribution in [3.63, 3.8) is 0 Å². The van der Waals surface area contributed by atoms with E-state index in [1.165, 1.54) is 11.2 Å². The Bertz CT molecular complexity index is 2210. The Hall–Kier alpha value is -5.46. The minimum absolute atomic E-state index is 0.0314. The number of piperazine rings is 1. The van der Waals surface area contributed by atoms with Gasteiger partial charge in [-0.3, -0.25) is 19.2 Å². The van der Waals surface area contributed by atoms with E-state index in [1.54, 1.807) is 16.4 Å². The van der Waals surface area contributed by atoms with Gasteiger partial charge in [-0.25, -0.2) is 9.97 Å². The third-order valence-electron chi connectivity index (χ3n) is 10.5. The van der Waals surface area contributed by atoms with Gasteiger partial charge in [0.15, 0.2) is 11.4 Å². The molecule has 0 bridgehead atoms. The number of halogens is 4. The molecule has 1 aromatic carbocycles. The average molecular weight is 772 g/mol. The largest absolute Gasteiger partial charge is 0.504 e. The number of anilines is 3. The molecule has 6 heterocycles. The molecule has 7 rings (SSSR count). The minimum atomic E-state index is -4.63. The Morgan fingerprint density at radius 1 is 1.04 bits per heavy atom. The molecule has 0 aliphatic carbocycles. The number of alkyl halides is 3. The number of hydrogen-bond acceptors (Lipinski definition) is 11. The first kappa shape index (κ1) is 36.9. The summed E-state index contributed by atoms with van der Waals surface area (Å²) in [5.74, 6) is -1.08. The zero-order chi connectivity index (χ0) is 38.5. The average Bonchev–Trinajstić information content (AvgIpc) is 3.75. The first-order chi connectivity index (χ1) is 25.7. The summed E-state index contributed by atoms with van der Waals surface area (Å²) in [4.78, 5) is 71.7. The van der Waals surface area contributed by atoms with E-state index in [-0.39, 0.29) is 83.8 Å². The molecule has 286 valence electrons. The van der Waals surface area contributed by atoms with E-state index in [1.807, 2.05) is 11.8 Å². The molecule has 0 atom stereocenters. The third-order valence-corrected chi connectivity index (χ3v) is 10.8. The molecule has 3 aliphatic heterocycles. The Kier molecular flexibility index (Phi) is 9.61. The SMILES string of the molecule is CCc1c(N2CCN(C(=O)c3ncnc(C)c3O)CC2)c(=O)n2nc(N3CCC4(CCNC4=O)CC3)nc2n1CC(=O)Nc1ccc(C(F)(F)F)cc1Cl. The highest BCUT2D eigenvalue weighted by molar-refractivity contribution is 6.33. The van der Waals surface area contributed by atoms with Gasteiger partial charge in [-0.1, -0.05) is 18.5 Å². The number of rotatable bonds is 7. The van der Waals surface area contributed by atoms with E-state index in [0.717, 1.165) is 29.1 Å². The van der Waals surface area contributed by atoms with Crippen molar-refractivity contribution in [2.24, 2.45) is 5.41 Å². The highest BCUT2D eigenvalue weighted by Crippen LogP contribution is 2.39. The van der Waals surface area contributed by atoms with Crippen LogP contribution in [0.15, 0.2) is 29.3 Å². The number of nitrogens with zero attached hydrogens (tertiary/aromatic N) is 9. The van der Waals surface area contributed by atoms with E-state index in [0.29, 0.717) is 38.2 Å². The molecule has 3 amide bonds. The number of aryl methyl sites for hydroxylation is 1. The first-order valence-corrected chi connectivity index (χ1v) is 17.9. The molecule has 4 aromatic rings. The van der Waals surface area contributed by atoms with Crippen LogP contribution < -0.4 is 26.0 Å². The van der Waals surface area contributed by atoms with Crippen LogP contribution in [0, 0.1) is 12.3 Å². The Morgan fingerprint density at radius 3 is 2.39 bits per heavy atom. The zero-order valence-corrected chi connectivity index (χ0v) is 30.2. The fourth-order valence-electron chi connectivity index (χ4n) is 7.41. The van der Waals surface area contributed by atoms with Crippen LogP contribution in [0.1, 0.15) is 53.6 Å². The number of hydrogen-bond donors (Lipinski definition) is 3. The summed E-state index contributed by atoms with van der Waals surface area (Å²) in [6.45, 7) is 5.33. The van der Waals surface area contributed by atoms with Crippen molar-refractivity contribution in [1.82, 2.24) is 39.3 Å². The summed E-state index contributed by atoms with van der Waals surface area (Å²) in [7, 11) is 0. The lowest BCUT2D eigenvalue weighted by Crippen LogP contribution is -2.51. The topological polar surface area (TPSA) is 183 Å². The van der Waals surface area contributed by atoms with Gasteiger partial charge in [-0.15, -0.1) is 5.10 Å². The van der Waals surface area contributed by atoms with E-state index >= 15 is 0 Å². The zero-order valence-electron chi connectivity index (χ0n) is 29.4. The van der Waals surface area contributed by atoms with Gasteiger partial charge in [-0.2, -0.15) is 22.7 Å². The minimum Gasteiger partial charge on any atom is -0.504 e. The number of carbonyl (C=O) groups excluding carboxylic acids is 3. The summed E-state index contributed by atoms with van der Waals surface area (Å²) in [5, 5.41) is 20.2. The molecule has 1 spiro atoms. The molecule has 54 heavy (non-hydrogen) atoms. The van der Waals surface area contributed by atoms with Gasteiger partial charge in [0.2, 0.25) is 23.5 Å². The summed E-state index contributed by atoms with van der Waals surface area (Å²) in [6, 6.07) is 2.61. The molecule has 3 N–H and O–H groups in total. The second kappa shape index (κ2) is 14.1. The van der Waals surface area contributed by atoms with Crippen molar-refractivity contribution in [2.45, 2.75) is 52.3 Å². The lowest BCUT2D eigenvalue weighted by Gasteiger charge is -2.36. The van der Waals surface area contributed by atoms with Crippen LogP contribution in [-0.4, -0.2) is 103 Å². The van der Waals surface area contributed by atoms with E-state index < -0.39 is 41.1 Å². The molecule has 3 aromatic heterocycles. The molecule has 16 nitrogen and oxygen atoms in total. The molecule has 3 aliphatic rings. The number of aromatic nitrogens is 6. The van der Waals surface area contributed by atoms with Crippen LogP contribution in [0.5, 0.6) is 5.75 Å². The molecular weight excluding hydrogens is 735 g/mol. The highest BCUT2D eigenvalue weighted by Gasteiger charge is 2.45. The maximum atomic E-state index is 14.3. The van der Waals surface area contributed by atoms with Gasteiger partial charge in [0, 0.05) is 45.8 Å². The van der Waals surface area contributed by atoms with Gasteiger partial charge in [0.1, 0.15) is 18.6 Å². The number of benzene rings is 1. The van der Waals surface area contributed by atoms with Crippen LogP contribution >= 0.6 is 11.6 Å². The van der Waals surface area contributed by atoms with Crippen LogP contribution in [0.3, 0.4) is 0 Å². The summed E-state index contributed by atoms with van der Waals surface area (Å²) in [5.41, 5.74) is -1.11. The van der Waals surface area contributed by atoms with Crippen molar-refractivity contribution in [3.05, 3.63) is 62.5 Å². The lowest BCUT2D eigenvalue weighted by molar-refractivity contribution is -0.137. The number of fused-ring (bicyclic) bond motifs is 1. The Labute approximate surface area is 310 Å². The summed E-state index contributed by atoms with van der Waals surface area (Å²) >= 11 is 6.14. The molecular formula is C34H37ClF3N11O5. The van der Waals surface area contributed by atoms with Crippen molar-refractivity contribution < 1.29 is 32.7 Å². The lowest BCUT2D eigenvalue weighted by atomic mass is 9.77. The van der Waals surface area contributed by atoms with Gasteiger partial charge < -0.3 is 35.0 Å². The smallest absolute Gasteiger partial charge is 0.416 e. The molecule has 20 heteroatoms. The standard InChI is InChI=1S/C34H37ClF3N11O5/c1-3-23-26(45-12-14-46(15-13-45)28(52)25-27(51)19(2)40-18-41-25)29(53)49-32(43-31(44-49)47-10-7-33(8-11-47)6-9-39-30(33)54)48(23)17-24(50)42-22-5-4-20(16-21(22)35)34(36,37)38/h4-5,16,18,51H,3,6-15,17H2,1-2H3,(H,39,54)(H,42,50). The van der Waals surface area contributed by atoms with Gasteiger partial charge in [0.05, 0.1) is 33.1 Å². The first-order valence-electron chi connectivity index (χ1n) is 17.5. The van der Waals surface area contributed by atoms with Crippen LogP contribution in [0.4, 0.5) is 30.5 Å². The highest BCUT2D eigenvalue weighted by atomic mass is 35.5. The molecule has 3 fully saturated rings. The molecule has 0 radical (unpaired) electrons. The normalized spacial score (nSPS) is 17.4. The quantitative estimate of drug-likeness (QED) is 0.251. The van der Waals surface area contributed by atoms with Crippen molar-refractivity contribution in [3.8, 4) is 5.75 Å². The van der Waals surface area contributed by atoms with Crippen LogP contribution in [0.2, 0.25) is 5.02 Å². The Morgan fingerprint density at radius 2 is 1.76 bits per heavy atom. The van der Waals surface area contributed by atoms with Crippen molar-refractivity contribution in [2.75, 3.05) is 60.9 Å². The number of amides is 3. The molecule has 3 saturated heterocycles. The van der Waals surface area contributed by atoms with Crippen molar-refractivity contribution in [1.29, 1.82) is 0 Å². The van der Waals surface area contributed by atoms with Crippen LogP contribution in [-0.2, 0) is 28.7 Å². The third kappa shape index (κ3) is 6.64. The maximum absolute atomic E-state index is 14.3. The fraction of sp³-hybridized carbons (Fsp3) is 0.471. The summed E-state index contributed by atoms with van der Waals surface area (Å²) < 4.78 is 42.5. The monoisotopic (exact) mass is 771 g/mol. The van der Waals surface area contributed by atoms with E-state index in [4.69, 9.17) is 16.6 Å². The maximum Gasteiger partial charge on any atom is 0.416 e. The second-order valence-corrected chi connectivity index (χ2v) is 14.0. The van der Waals surface area contributed by atoms with E-state index in [2.05, 4.69) is 25.7 Å². The van der Waals surface area contributed by atoms with E-state index in [9.17, 15) is 37.5 Å². The fourth-order valence-corrected chi connectivity index (χ4v) is 7.64. The number of piperidine rings is 1. The van der Waals surface area contributed by atoms with Gasteiger partial charge >= 0.3 is 6.18 Å². The van der Waals surface area contributed by atoms with Crippen molar-refractivity contribution >= 4 is 52.4 Å². The number of aromatic hydroxyl groups is 1. The van der Waals surface area contributed by atoms with Gasteiger partial charge in [0.25, 0.3) is 11.5 Å². The number of nitrogens with one attached hydrogen (secondary N) is 2. The molecule has 0 saturated carbocycles. The second-order valence-electron chi connectivity index (χ2n) is 13.6. The predicted molar refractivity (Wildman–Crippen MR) is 190 cm³/mol. The predicted octanol–water partition coefficient (Wildman–Crippen LogP) is 2.64. The Balaban J connectivity index is 1.22. The number of carbonyl (C=O) groups is 3. The van der Waals surface area contributed by atoms with Crippen LogP contribution in [0.25, 0.3) is 5.78 Å².